The lowest BCUT2D eigenvalue weighted by atomic mass is 10.1. The second-order valence-electron chi connectivity index (χ2n) is 4.99. The van der Waals surface area contributed by atoms with Crippen LogP contribution in [0.1, 0.15) is 27.8 Å². The van der Waals surface area contributed by atoms with Crippen molar-refractivity contribution in [1.29, 1.82) is 0 Å². The predicted molar refractivity (Wildman–Crippen MR) is 78.4 cm³/mol. The fourth-order valence-corrected chi connectivity index (χ4v) is 1.92. The van der Waals surface area contributed by atoms with Crippen molar-refractivity contribution in [2.45, 2.75) is 34.3 Å². The molecule has 2 N–H and O–H groups in total. The molecule has 0 saturated heterocycles. The van der Waals surface area contributed by atoms with Crippen molar-refractivity contribution in [1.82, 2.24) is 4.98 Å². The molecule has 3 nitrogen and oxygen atoms in total. The Labute approximate surface area is 114 Å². The lowest BCUT2D eigenvalue weighted by Gasteiger charge is -2.12. The van der Waals surface area contributed by atoms with Gasteiger partial charge in [0.25, 0.3) is 0 Å². The Hall–Kier alpha value is -2.03. The number of pyridine rings is 1. The van der Waals surface area contributed by atoms with Crippen LogP contribution in [0.2, 0.25) is 0 Å². The van der Waals surface area contributed by atoms with Gasteiger partial charge in [-0.05, 0) is 49.9 Å². The van der Waals surface area contributed by atoms with Gasteiger partial charge in [0, 0.05) is 17.4 Å². The minimum absolute atomic E-state index is 0.511. The van der Waals surface area contributed by atoms with Gasteiger partial charge in [0.05, 0.1) is 0 Å². The number of aromatic nitrogens is 1. The van der Waals surface area contributed by atoms with E-state index in [-0.39, 0.29) is 0 Å². The SMILES string of the molecule is Cc1ccc(COc2ncc(C)c(N)c2C)cc1C. The highest BCUT2D eigenvalue weighted by Gasteiger charge is 2.07. The van der Waals surface area contributed by atoms with Crippen molar-refractivity contribution in [3.8, 4) is 5.88 Å². The van der Waals surface area contributed by atoms with Crippen molar-refractivity contribution in [3.05, 3.63) is 52.2 Å². The molecule has 0 spiro atoms. The summed E-state index contributed by atoms with van der Waals surface area (Å²) < 4.78 is 5.76. The number of nitrogens with two attached hydrogens (primary N) is 1. The summed E-state index contributed by atoms with van der Waals surface area (Å²) in [5, 5.41) is 0. The normalized spacial score (nSPS) is 10.5. The number of benzene rings is 1. The van der Waals surface area contributed by atoms with E-state index in [2.05, 4.69) is 37.0 Å². The fraction of sp³-hybridized carbons (Fsp3) is 0.312. The fourth-order valence-electron chi connectivity index (χ4n) is 1.92. The average molecular weight is 256 g/mol. The van der Waals surface area contributed by atoms with Crippen LogP contribution < -0.4 is 10.5 Å². The maximum Gasteiger partial charge on any atom is 0.218 e. The van der Waals surface area contributed by atoms with Gasteiger partial charge >= 0.3 is 0 Å². The molecule has 0 aliphatic heterocycles. The van der Waals surface area contributed by atoms with Crippen LogP contribution in [0.15, 0.2) is 24.4 Å². The molecule has 0 aliphatic rings. The van der Waals surface area contributed by atoms with Crippen LogP contribution in [0.3, 0.4) is 0 Å². The number of aryl methyl sites for hydroxylation is 3. The number of ether oxygens (including phenoxy) is 1. The molecule has 19 heavy (non-hydrogen) atoms. The van der Waals surface area contributed by atoms with Crippen LogP contribution in [0, 0.1) is 27.7 Å². The molecule has 2 aromatic rings. The highest BCUT2D eigenvalue weighted by molar-refractivity contribution is 5.55. The predicted octanol–water partition coefficient (Wildman–Crippen LogP) is 3.48. The Morgan fingerprint density at radius 1 is 1.05 bits per heavy atom. The second-order valence-corrected chi connectivity index (χ2v) is 4.99. The maximum absolute atomic E-state index is 5.98. The highest BCUT2D eigenvalue weighted by Crippen LogP contribution is 2.24. The van der Waals surface area contributed by atoms with Gasteiger partial charge in [-0.2, -0.15) is 0 Å². The zero-order valence-corrected chi connectivity index (χ0v) is 11.9. The van der Waals surface area contributed by atoms with Crippen molar-refractivity contribution in [3.63, 3.8) is 0 Å². The topological polar surface area (TPSA) is 48.1 Å². The second kappa shape index (κ2) is 5.31. The first-order valence-electron chi connectivity index (χ1n) is 6.39. The van der Waals surface area contributed by atoms with Crippen LogP contribution in [0.4, 0.5) is 5.69 Å². The van der Waals surface area contributed by atoms with E-state index in [4.69, 9.17) is 10.5 Å². The Balaban J connectivity index is 2.14. The molecule has 0 amide bonds. The van der Waals surface area contributed by atoms with Gasteiger partial charge in [0.2, 0.25) is 5.88 Å². The molecule has 0 unspecified atom stereocenters. The van der Waals surface area contributed by atoms with E-state index in [0.29, 0.717) is 12.5 Å². The zero-order valence-electron chi connectivity index (χ0n) is 11.9. The standard InChI is InChI=1S/C16H20N2O/c1-10-5-6-14(7-11(10)2)9-19-16-13(4)15(17)12(3)8-18-16/h5-8H,9H2,1-4H3,(H2,17,18). The molecule has 1 aromatic heterocycles. The highest BCUT2D eigenvalue weighted by atomic mass is 16.5. The van der Waals surface area contributed by atoms with Gasteiger partial charge in [0.1, 0.15) is 6.61 Å². The molecule has 0 bridgehead atoms. The van der Waals surface area contributed by atoms with Gasteiger partial charge < -0.3 is 10.5 Å². The van der Waals surface area contributed by atoms with Crippen molar-refractivity contribution in [2.75, 3.05) is 5.73 Å². The molecule has 0 fully saturated rings. The van der Waals surface area contributed by atoms with Crippen LogP contribution in [-0.4, -0.2) is 4.98 Å². The number of nitrogen functional groups attached to an aromatic ring is 1. The van der Waals surface area contributed by atoms with E-state index in [1.807, 2.05) is 13.8 Å². The molecule has 1 heterocycles. The minimum Gasteiger partial charge on any atom is -0.473 e. The smallest absolute Gasteiger partial charge is 0.218 e. The van der Waals surface area contributed by atoms with Crippen molar-refractivity contribution in [2.24, 2.45) is 0 Å². The Morgan fingerprint density at radius 3 is 2.47 bits per heavy atom. The first-order chi connectivity index (χ1) is 8.99. The largest absolute Gasteiger partial charge is 0.473 e. The first kappa shape index (κ1) is 13.4. The molecule has 2 rings (SSSR count). The van der Waals surface area contributed by atoms with E-state index in [1.54, 1.807) is 6.20 Å². The lowest BCUT2D eigenvalue weighted by Crippen LogP contribution is -2.03. The van der Waals surface area contributed by atoms with Gasteiger partial charge in [-0.3, -0.25) is 0 Å². The third-order valence-electron chi connectivity index (χ3n) is 3.47. The van der Waals surface area contributed by atoms with E-state index in [0.717, 1.165) is 22.4 Å². The Morgan fingerprint density at radius 2 is 1.79 bits per heavy atom. The Bertz CT molecular complexity index is 606. The summed E-state index contributed by atoms with van der Waals surface area (Å²) in [7, 11) is 0. The zero-order chi connectivity index (χ0) is 14.0. The molecule has 100 valence electrons. The van der Waals surface area contributed by atoms with E-state index < -0.39 is 0 Å². The average Bonchev–Trinajstić information content (AvgIpc) is 2.39. The van der Waals surface area contributed by atoms with Gasteiger partial charge in [-0.15, -0.1) is 0 Å². The molecule has 0 atom stereocenters. The Kier molecular flexibility index (Phi) is 3.74. The quantitative estimate of drug-likeness (QED) is 0.914. The molecule has 0 aliphatic carbocycles. The number of rotatable bonds is 3. The van der Waals surface area contributed by atoms with Crippen LogP contribution in [-0.2, 0) is 6.61 Å². The number of hydrogen-bond acceptors (Lipinski definition) is 3. The molecular formula is C16H20N2O. The summed E-state index contributed by atoms with van der Waals surface area (Å²) in [5.74, 6) is 0.612. The molecule has 1 aromatic carbocycles. The summed E-state index contributed by atoms with van der Waals surface area (Å²) in [4.78, 5) is 4.29. The first-order valence-corrected chi connectivity index (χ1v) is 6.39. The number of nitrogens with zero attached hydrogens (tertiary/aromatic N) is 1. The third kappa shape index (κ3) is 2.87. The lowest BCUT2D eigenvalue weighted by molar-refractivity contribution is 0.291. The van der Waals surface area contributed by atoms with Crippen LogP contribution in [0.5, 0.6) is 5.88 Å². The number of hydrogen-bond donors (Lipinski definition) is 1. The number of anilines is 1. The molecule has 3 heteroatoms. The van der Waals surface area contributed by atoms with Crippen molar-refractivity contribution < 1.29 is 4.74 Å². The van der Waals surface area contributed by atoms with Gasteiger partial charge in [-0.1, -0.05) is 18.2 Å². The summed E-state index contributed by atoms with van der Waals surface area (Å²) in [6.07, 6.45) is 1.75. The summed E-state index contributed by atoms with van der Waals surface area (Å²) in [6.45, 7) is 8.60. The van der Waals surface area contributed by atoms with Crippen LogP contribution in [0.25, 0.3) is 0 Å². The van der Waals surface area contributed by atoms with Crippen molar-refractivity contribution >= 4 is 5.69 Å². The van der Waals surface area contributed by atoms with Gasteiger partial charge in [-0.25, -0.2) is 4.98 Å². The van der Waals surface area contributed by atoms with E-state index in [9.17, 15) is 0 Å². The molecule has 0 radical (unpaired) electrons. The summed E-state index contributed by atoms with van der Waals surface area (Å²) in [5.41, 5.74) is 12.3. The van der Waals surface area contributed by atoms with E-state index >= 15 is 0 Å². The van der Waals surface area contributed by atoms with Crippen LogP contribution >= 0.6 is 0 Å². The minimum atomic E-state index is 0.511. The molecule has 0 saturated carbocycles. The third-order valence-corrected chi connectivity index (χ3v) is 3.47. The van der Waals surface area contributed by atoms with E-state index in [1.165, 1.54) is 11.1 Å². The summed E-state index contributed by atoms with van der Waals surface area (Å²) in [6, 6.07) is 6.33. The summed E-state index contributed by atoms with van der Waals surface area (Å²) >= 11 is 0. The molecular weight excluding hydrogens is 236 g/mol. The van der Waals surface area contributed by atoms with Gasteiger partial charge in [0.15, 0.2) is 0 Å². The maximum atomic E-state index is 5.98. The monoisotopic (exact) mass is 256 g/mol.